The van der Waals surface area contributed by atoms with Crippen molar-refractivity contribution in [2.75, 3.05) is 18.1 Å². The zero-order valence-corrected chi connectivity index (χ0v) is 21.2. The summed E-state index contributed by atoms with van der Waals surface area (Å²) >= 11 is 1.68. The maximum Gasteiger partial charge on any atom is 0.336 e. The standard InChI is InChI=1S/C27H31NO5S/c1-6-34-10-9-32-26(31)22-16(3)28-19-12-27(4,5)13-20(29)24(19)23(22)18-14-33-21-8-7-15(2)11-17(21)25(18)30/h7-8,11,14,23,28H,6,9-10,12-13H2,1-5H3. The highest BCUT2D eigenvalue weighted by molar-refractivity contribution is 7.99. The average molecular weight is 482 g/mol. The van der Waals surface area contributed by atoms with Crippen LogP contribution in [-0.2, 0) is 14.3 Å². The Bertz CT molecular complexity index is 1280. The Morgan fingerprint density at radius 2 is 2.00 bits per heavy atom. The Hall–Kier alpha value is -2.80. The predicted octanol–water partition coefficient (Wildman–Crippen LogP) is 5.00. The average Bonchev–Trinajstić information content (AvgIpc) is 2.75. The Morgan fingerprint density at radius 3 is 2.74 bits per heavy atom. The summed E-state index contributed by atoms with van der Waals surface area (Å²) in [6.45, 7) is 10.1. The van der Waals surface area contributed by atoms with Gasteiger partial charge in [-0.15, -0.1) is 0 Å². The lowest BCUT2D eigenvalue weighted by molar-refractivity contribution is -0.138. The van der Waals surface area contributed by atoms with Crippen LogP contribution in [0.3, 0.4) is 0 Å². The molecule has 0 fully saturated rings. The molecule has 34 heavy (non-hydrogen) atoms. The maximum absolute atomic E-state index is 13.7. The van der Waals surface area contributed by atoms with Crippen molar-refractivity contribution in [2.45, 2.75) is 53.4 Å². The summed E-state index contributed by atoms with van der Waals surface area (Å²) in [4.78, 5) is 40.4. The van der Waals surface area contributed by atoms with Crippen LogP contribution in [0.2, 0.25) is 0 Å². The van der Waals surface area contributed by atoms with Crippen LogP contribution in [-0.4, -0.2) is 29.9 Å². The normalized spacial score (nSPS) is 19.8. The first-order chi connectivity index (χ1) is 16.1. The number of ketones is 1. The molecule has 0 bridgehead atoms. The second-order valence-electron chi connectivity index (χ2n) is 9.78. The van der Waals surface area contributed by atoms with E-state index in [1.807, 2.05) is 33.8 Å². The number of thioether (sulfide) groups is 1. The Kier molecular flexibility index (Phi) is 6.76. The molecule has 0 amide bonds. The van der Waals surface area contributed by atoms with Gasteiger partial charge in [0.2, 0.25) is 0 Å². The molecular weight excluding hydrogens is 450 g/mol. The minimum Gasteiger partial charge on any atom is -0.464 e. The van der Waals surface area contributed by atoms with Crippen molar-refractivity contribution in [2.24, 2.45) is 5.41 Å². The van der Waals surface area contributed by atoms with Crippen molar-refractivity contribution in [3.8, 4) is 0 Å². The van der Waals surface area contributed by atoms with Crippen LogP contribution in [0.25, 0.3) is 11.0 Å². The van der Waals surface area contributed by atoms with Crippen molar-refractivity contribution in [3.05, 3.63) is 68.4 Å². The molecule has 0 spiro atoms. The van der Waals surface area contributed by atoms with Gasteiger partial charge in [-0.3, -0.25) is 9.59 Å². The van der Waals surface area contributed by atoms with Crippen molar-refractivity contribution in [3.63, 3.8) is 0 Å². The van der Waals surface area contributed by atoms with E-state index in [1.54, 1.807) is 30.8 Å². The Morgan fingerprint density at radius 1 is 1.24 bits per heavy atom. The fourth-order valence-electron chi connectivity index (χ4n) is 4.89. The van der Waals surface area contributed by atoms with E-state index in [0.29, 0.717) is 46.4 Å². The smallest absolute Gasteiger partial charge is 0.336 e. The number of ether oxygens (including phenoxy) is 1. The number of carbonyl (C=O) groups excluding carboxylic acids is 2. The quantitative estimate of drug-likeness (QED) is 0.459. The van der Waals surface area contributed by atoms with Crippen LogP contribution in [0, 0.1) is 12.3 Å². The first kappa shape index (κ1) is 24.3. The number of rotatable bonds is 6. The molecule has 1 unspecified atom stereocenters. The van der Waals surface area contributed by atoms with E-state index < -0.39 is 11.9 Å². The van der Waals surface area contributed by atoms with E-state index in [0.717, 1.165) is 17.0 Å². The number of nitrogens with one attached hydrogen (secondary N) is 1. The van der Waals surface area contributed by atoms with E-state index in [1.165, 1.54) is 6.26 Å². The van der Waals surface area contributed by atoms with Gasteiger partial charge in [-0.2, -0.15) is 11.8 Å². The van der Waals surface area contributed by atoms with Gasteiger partial charge >= 0.3 is 5.97 Å². The third-order valence-electron chi connectivity index (χ3n) is 6.39. The van der Waals surface area contributed by atoms with Crippen LogP contribution in [0.4, 0.5) is 0 Å². The molecule has 0 radical (unpaired) electrons. The summed E-state index contributed by atoms with van der Waals surface area (Å²) in [7, 11) is 0. The van der Waals surface area contributed by atoms with E-state index in [-0.39, 0.29) is 28.8 Å². The number of Topliss-reactive ketones (excluding diaryl/α,β-unsaturated/α-hetero) is 1. The maximum atomic E-state index is 13.7. The molecule has 2 aromatic rings. The molecule has 1 aromatic carbocycles. The molecular formula is C27H31NO5S. The number of benzene rings is 1. The van der Waals surface area contributed by atoms with Crippen molar-refractivity contribution in [1.29, 1.82) is 0 Å². The highest BCUT2D eigenvalue weighted by atomic mass is 32.2. The monoisotopic (exact) mass is 481 g/mol. The van der Waals surface area contributed by atoms with Crippen LogP contribution >= 0.6 is 11.8 Å². The summed E-state index contributed by atoms with van der Waals surface area (Å²) < 4.78 is 11.4. The third-order valence-corrected chi connectivity index (χ3v) is 7.25. The van der Waals surface area contributed by atoms with Gasteiger partial charge in [0, 0.05) is 34.7 Å². The summed E-state index contributed by atoms with van der Waals surface area (Å²) in [5.74, 6) is 0.214. The number of hydrogen-bond acceptors (Lipinski definition) is 7. The second-order valence-corrected chi connectivity index (χ2v) is 11.2. The lowest BCUT2D eigenvalue weighted by Gasteiger charge is -2.39. The molecule has 0 saturated carbocycles. The van der Waals surface area contributed by atoms with E-state index in [2.05, 4.69) is 5.32 Å². The minimum atomic E-state index is -0.827. The highest BCUT2D eigenvalue weighted by Crippen LogP contribution is 2.46. The van der Waals surface area contributed by atoms with Gasteiger partial charge in [-0.25, -0.2) is 4.79 Å². The highest BCUT2D eigenvalue weighted by Gasteiger charge is 2.44. The lowest BCUT2D eigenvalue weighted by atomic mass is 9.68. The zero-order chi connectivity index (χ0) is 24.6. The van der Waals surface area contributed by atoms with Gasteiger partial charge in [0.05, 0.1) is 23.1 Å². The number of aryl methyl sites for hydroxylation is 1. The number of dihydropyridines is 1. The number of carbonyl (C=O) groups is 2. The van der Waals surface area contributed by atoms with E-state index >= 15 is 0 Å². The summed E-state index contributed by atoms with van der Waals surface area (Å²) in [5.41, 5.74) is 3.38. The van der Waals surface area contributed by atoms with Gasteiger partial charge in [0.15, 0.2) is 11.2 Å². The minimum absolute atomic E-state index is 0.0631. The summed E-state index contributed by atoms with van der Waals surface area (Å²) in [6, 6.07) is 5.42. The molecule has 1 aromatic heterocycles. The van der Waals surface area contributed by atoms with Crippen molar-refractivity contribution < 1.29 is 18.7 Å². The second kappa shape index (κ2) is 9.45. The molecule has 2 heterocycles. The molecule has 1 aliphatic heterocycles. The van der Waals surface area contributed by atoms with Gasteiger partial charge in [-0.05, 0) is 43.6 Å². The topological polar surface area (TPSA) is 85.6 Å². The zero-order valence-electron chi connectivity index (χ0n) is 20.4. The van der Waals surface area contributed by atoms with E-state index in [9.17, 15) is 14.4 Å². The number of hydrogen-bond donors (Lipinski definition) is 1. The molecule has 0 saturated heterocycles. The van der Waals surface area contributed by atoms with Crippen LogP contribution in [0.5, 0.6) is 0 Å². The van der Waals surface area contributed by atoms with Crippen molar-refractivity contribution in [1.82, 2.24) is 5.32 Å². The fraction of sp³-hybridized carbons (Fsp3) is 0.444. The fourth-order valence-corrected chi connectivity index (χ4v) is 5.38. The largest absolute Gasteiger partial charge is 0.464 e. The molecule has 1 atom stereocenters. The third kappa shape index (κ3) is 4.58. The van der Waals surface area contributed by atoms with Crippen molar-refractivity contribution >= 4 is 34.5 Å². The Labute approximate surface area is 203 Å². The molecule has 7 heteroatoms. The Balaban J connectivity index is 1.87. The van der Waals surface area contributed by atoms with Gasteiger partial charge in [0.1, 0.15) is 12.2 Å². The molecule has 180 valence electrons. The molecule has 4 rings (SSSR count). The molecule has 1 aliphatic carbocycles. The molecule has 1 N–H and O–H groups in total. The molecule has 2 aliphatic rings. The first-order valence-electron chi connectivity index (χ1n) is 11.6. The first-order valence-corrected chi connectivity index (χ1v) is 12.8. The summed E-state index contributed by atoms with van der Waals surface area (Å²) in [5, 5.41) is 3.74. The SMILES string of the molecule is CCSCCOC(=O)C1=C(C)NC2=C(C(=O)CC(C)(C)C2)C1c1coc2ccc(C)cc2c1=O. The predicted molar refractivity (Wildman–Crippen MR) is 135 cm³/mol. The number of allylic oxidation sites excluding steroid dienone is 3. The van der Waals surface area contributed by atoms with Gasteiger partial charge in [0.25, 0.3) is 0 Å². The van der Waals surface area contributed by atoms with Crippen LogP contribution in [0.1, 0.15) is 57.6 Å². The van der Waals surface area contributed by atoms with E-state index in [4.69, 9.17) is 9.15 Å². The summed E-state index contributed by atoms with van der Waals surface area (Å²) in [6.07, 6.45) is 2.40. The van der Waals surface area contributed by atoms with Gasteiger partial charge < -0.3 is 14.5 Å². The number of fused-ring (bicyclic) bond motifs is 1. The lowest BCUT2D eigenvalue weighted by Crippen LogP contribution is -2.39. The molecule has 6 nitrogen and oxygen atoms in total. The van der Waals surface area contributed by atoms with Crippen LogP contribution in [0.15, 0.2) is 56.2 Å². The van der Waals surface area contributed by atoms with Crippen LogP contribution < -0.4 is 10.7 Å². The number of esters is 1. The van der Waals surface area contributed by atoms with Gasteiger partial charge in [-0.1, -0.05) is 32.4 Å².